The van der Waals surface area contributed by atoms with Crippen molar-refractivity contribution in [3.8, 4) is 0 Å². The van der Waals surface area contributed by atoms with Crippen molar-refractivity contribution in [2.24, 2.45) is 50.7 Å². The molecule has 10 atom stereocenters. The van der Waals surface area contributed by atoms with Crippen LogP contribution in [0.3, 0.4) is 0 Å². The summed E-state index contributed by atoms with van der Waals surface area (Å²) >= 11 is 0. The minimum atomic E-state index is -0.733. The predicted octanol–water partition coefficient (Wildman–Crippen LogP) is 5.82. The Labute approximate surface area is 259 Å². The van der Waals surface area contributed by atoms with Gasteiger partial charge in [0.2, 0.25) is 0 Å². The van der Waals surface area contributed by atoms with E-state index in [2.05, 4.69) is 51.5 Å². The Morgan fingerprint density at radius 2 is 1.63 bits per heavy atom. The molecule has 5 aliphatic carbocycles. The van der Waals surface area contributed by atoms with Crippen LogP contribution in [0.2, 0.25) is 0 Å². The van der Waals surface area contributed by atoms with E-state index in [1.165, 1.54) is 5.57 Å². The molecule has 1 unspecified atom stereocenters. The second-order valence-electron chi connectivity index (χ2n) is 17.1. The van der Waals surface area contributed by atoms with Crippen LogP contribution < -0.4 is 0 Å². The first-order chi connectivity index (χ1) is 20.1. The van der Waals surface area contributed by atoms with Crippen LogP contribution in [0.5, 0.6) is 0 Å². The largest absolute Gasteiger partial charge is 0.481 e. The van der Waals surface area contributed by atoms with Gasteiger partial charge in [0.1, 0.15) is 6.10 Å². The molecule has 240 valence electrons. The summed E-state index contributed by atoms with van der Waals surface area (Å²) in [6.07, 6.45) is 10.1. The molecule has 0 aromatic heterocycles. The molecule has 43 heavy (non-hydrogen) atoms. The lowest BCUT2D eigenvalue weighted by Crippen LogP contribution is -2.65. The van der Waals surface area contributed by atoms with Gasteiger partial charge in [-0.05, 0) is 117 Å². The third-order valence-corrected chi connectivity index (χ3v) is 14.8. The van der Waals surface area contributed by atoms with E-state index in [9.17, 15) is 19.5 Å². The first kappa shape index (κ1) is 31.3. The van der Waals surface area contributed by atoms with Crippen molar-refractivity contribution in [3.63, 3.8) is 0 Å². The van der Waals surface area contributed by atoms with Gasteiger partial charge < -0.3 is 14.7 Å². The Hall–Kier alpha value is -1.73. The Balaban J connectivity index is 1.24. The van der Waals surface area contributed by atoms with Crippen LogP contribution in [0, 0.1) is 50.7 Å². The number of allylic oxidation sites excluding steroid dienone is 2. The number of carboxylic acids is 1. The number of piperazine rings is 1. The van der Waals surface area contributed by atoms with E-state index in [4.69, 9.17) is 4.74 Å². The van der Waals surface area contributed by atoms with Gasteiger partial charge in [0.05, 0.1) is 12.0 Å². The van der Waals surface area contributed by atoms with Gasteiger partial charge in [-0.1, -0.05) is 40.2 Å². The van der Waals surface area contributed by atoms with Crippen molar-refractivity contribution in [1.82, 2.24) is 9.80 Å². The van der Waals surface area contributed by atoms with Crippen molar-refractivity contribution >= 4 is 17.7 Å². The minimum absolute atomic E-state index is 0.0595. The van der Waals surface area contributed by atoms with Crippen LogP contribution in [0.4, 0.5) is 0 Å². The summed E-state index contributed by atoms with van der Waals surface area (Å²) in [5.74, 6) is 0.101. The molecule has 4 saturated carbocycles. The molecule has 7 nitrogen and oxygen atoms in total. The lowest BCUT2D eigenvalue weighted by atomic mass is 9.34. The molecule has 7 heteroatoms. The number of fused-ring (bicyclic) bond motifs is 7. The maximum absolute atomic E-state index is 14.5. The molecule has 0 amide bonds. The standard InChI is InChI=1S/C36H56N2O5/c1-23-24-8-11-36(6)30(34(24,4)10-9-28(23)43-29(40)22-38-18-16-37(7)17-19-38)27(39)20-25-26-21-33(3,31(41)42)13-12-32(26,2)14-15-35(25,36)5/h20,23-24,26,28,30H,8-19,21-22H2,1-7H3,(H,41,42)/t23-,24?,26+,28+,30-,32-,33+,34+,35-,36-/m1/s1. The summed E-state index contributed by atoms with van der Waals surface area (Å²) in [6, 6.07) is 0. The number of carbonyl (C=O) groups excluding carboxylic acids is 2. The molecule has 1 saturated heterocycles. The third-order valence-electron chi connectivity index (χ3n) is 14.8. The van der Waals surface area contributed by atoms with E-state index < -0.39 is 11.4 Å². The fourth-order valence-corrected chi connectivity index (χ4v) is 11.5. The Kier molecular flexibility index (Phi) is 7.56. The number of hydrogen-bond donors (Lipinski definition) is 1. The molecule has 0 radical (unpaired) electrons. The number of likely N-dealkylation sites (N-methyl/N-ethyl adjacent to an activating group) is 1. The van der Waals surface area contributed by atoms with E-state index in [1.807, 2.05) is 13.0 Å². The van der Waals surface area contributed by atoms with E-state index in [0.717, 1.165) is 71.1 Å². The predicted molar refractivity (Wildman–Crippen MR) is 166 cm³/mol. The smallest absolute Gasteiger partial charge is 0.320 e. The van der Waals surface area contributed by atoms with Gasteiger partial charge in [-0.2, -0.15) is 0 Å². The molecule has 1 heterocycles. The minimum Gasteiger partial charge on any atom is -0.481 e. The number of esters is 1. The second-order valence-corrected chi connectivity index (χ2v) is 17.1. The number of carbonyl (C=O) groups is 3. The Morgan fingerprint density at radius 3 is 2.30 bits per heavy atom. The third kappa shape index (κ3) is 4.68. The zero-order chi connectivity index (χ0) is 31.2. The number of carboxylic acid groups (broad SMARTS) is 1. The summed E-state index contributed by atoms with van der Waals surface area (Å²) < 4.78 is 6.19. The molecule has 5 fully saturated rings. The SMILES string of the molecule is C[C@@H]1C2CC[C@]3(C)[C@H](C(=O)C=C4[C@@H]5C[C@@](C)(C(=O)O)CC[C@]5(C)CC[C@]43C)[C@@]2(C)CC[C@@H]1OC(=O)CN1CCN(C)CC1. The first-order valence-corrected chi connectivity index (χ1v) is 17.2. The number of nitrogens with zero attached hydrogens (tertiary/aromatic N) is 2. The molecule has 0 bridgehead atoms. The molecule has 0 aromatic carbocycles. The fraction of sp³-hybridized carbons (Fsp3) is 0.861. The van der Waals surface area contributed by atoms with Crippen LogP contribution in [0.1, 0.15) is 99.3 Å². The second kappa shape index (κ2) is 10.4. The van der Waals surface area contributed by atoms with Crippen molar-refractivity contribution in [1.29, 1.82) is 0 Å². The highest BCUT2D eigenvalue weighted by Gasteiger charge is 2.69. The maximum atomic E-state index is 14.5. The van der Waals surface area contributed by atoms with E-state index in [-0.39, 0.29) is 57.3 Å². The number of rotatable bonds is 4. The monoisotopic (exact) mass is 596 g/mol. The number of aliphatic carboxylic acids is 1. The molecular formula is C36H56N2O5. The summed E-state index contributed by atoms with van der Waals surface area (Å²) in [7, 11) is 2.12. The number of ether oxygens (including phenoxy) is 1. The molecule has 6 aliphatic rings. The molecule has 6 rings (SSSR count). The highest BCUT2D eigenvalue weighted by atomic mass is 16.5. The number of hydrogen-bond acceptors (Lipinski definition) is 6. The van der Waals surface area contributed by atoms with Gasteiger partial charge in [-0.25, -0.2) is 0 Å². The summed E-state index contributed by atoms with van der Waals surface area (Å²) in [5, 5.41) is 10.2. The Bertz CT molecular complexity index is 1210. The fourth-order valence-electron chi connectivity index (χ4n) is 11.5. The van der Waals surface area contributed by atoms with Gasteiger partial charge in [0, 0.05) is 32.1 Å². The molecule has 0 aromatic rings. The lowest BCUT2D eigenvalue weighted by molar-refractivity contribution is -0.193. The molecule has 1 aliphatic heterocycles. The number of ketones is 1. The maximum Gasteiger partial charge on any atom is 0.320 e. The van der Waals surface area contributed by atoms with E-state index >= 15 is 0 Å². The highest BCUT2D eigenvalue weighted by molar-refractivity contribution is 5.95. The average Bonchev–Trinajstić information content (AvgIpc) is 2.93. The van der Waals surface area contributed by atoms with Crippen LogP contribution >= 0.6 is 0 Å². The van der Waals surface area contributed by atoms with Crippen LogP contribution in [0.15, 0.2) is 11.6 Å². The summed E-state index contributed by atoms with van der Waals surface area (Å²) in [4.78, 5) is 44.4. The quantitative estimate of drug-likeness (QED) is 0.409. The van der Waals surface area contributed by atoms with Crippen LogP contribution in [-0.2, 0) is 19.1 Å². The Morgan fingerprint density at radius 1 is 0.953 bits per heavy atom. The van der Waals surface area contributed by atoms with Gasteiger partial charge in [0.15, 0.2) is 5.78 Å². The van der Waals surface area contributed by atoms with Crippen LogP contribution in [0.25, 0.3) is 0 Å². The summed E-state index contributed by atoms with van der Waals surface area (Å²) in [6.45, 7) is 17.9. The first-order valence-electron chi connectivity index (χ1n) is 17.2. The van der Waals surface area contributed by atoms with Crippen LogP contribution in [-0.4, -0.2) is 78.5 Å². The normalized spacial score (nSPS) is 48.7. The van der Waals surface area contributed by atoms with Gasteiger partial charge in [0.25, 0.3) is 0 Å². The van der Waals surface area contributed by atoms with E-state index in [0.29, 0.717) is 25.3 Å². The average molecular weight is 597 g/mol. The van der Waals surface area contributed by atoms with E-state index in [1.54, 1.807) is 0 Å². The van der Waals surface area contributed by atoms with Crippen molar-refractivity contribution in [2.75, 3.05) is 39.8 Å². The van der Waals surface area contributed by atoms with Crippen molar-refractivity contribution in [2.45, 2.75) is 105 Å². The van der Waals surface area contributed by atoms with Crippen molar-refractivity contribution in [3.05, 3.63) is 11.6 Å². The zero-order valence-corrected chi connectivity index (χ0v) is 27.8. The van der Waals surface area contributed by atoms with Gasteiger partial charge in [-0.3, -0.25) is 19.3 Å². The highest BCUT2D eigenvalue weighted by Crippen LogP contribution is 2.74. The molecule has 1 N–H and O–H groups in total. The lowest BCUT2D eigenvalue weighted by Gasteiger charge is -2.69. The zero-order valence-electron chi connectivity index (χ0n) is 27.8. The van der Waals surface area contributed by atoms with Gasteiger partial charge in [-0.15, -0.1) is 0 Å². The molecular weight excluding hydrogens is 540 g/mol. The van der Waals surface area contributed by atoms with Gasteiger partial charge >= 0.3 is 11.9 Å². The van der Waals surface area contributed by atoms with Crippen molar-refractivity contribution < 1.29 is 24.2 Å². The topological polar surface area (TPSA) is 87.2 Å². The summed E-state index contributed by atoms with van der Waals surface area (Å²) in [5.41, 5.74) is 0.170. The molecule has 0 spiro atoms.